The number of benzene rings is 2. The van der Waals surface area contributed by atoms with Crippen LogP contribution in [0.5, 0.6) is 0 Å². The molecule has 4 aromatic rings. The van der Waals surface area contributed by atoms with Crippen molar-refractivity contribution in [2.24, 2.45) is 7.05 Å². The highest BCUT2D eigenvalue weighted by atomic mass is 16.1. The molecule has 0 bridgehead atoms. The van der Waals surface area contributed by atoms with Crippen molar-refractivity contribution < 1.29 is 4.79 Å². The van der Waals surface area contributed by atoms with Gasteiger partial charge in [0.1, 0.15) is 5.82 Å². The van der Waals surface area contributed by atoms with E-state index >= 15 is 0 Å². The van der Waals surface area contributed by atoms with Crippen LogP contribution in [-0.4, -0.2) is 58.8 Å². The molecule has 1 aliphatic heterocycles. The second-order valence-corrected chi connectivity index (χ2v) is 8.72. The summed E-state index contributed by atoms with van der Waals surface area (Å²) in [6.07, 6.45) is 5.59. The molecule has 5 rings (SSSR count). The summed E-state index contributed by atoms with van der Waals surface area (Å²) in [5, 5.41) is 9.64. The van der Waals surface area contributed by atoms with Gasteiger partial charge in [-0.25, -0.2) is 4.98 Å². The second kappa shape index (κ2) is 8.67. The third-order valence-corrected chi connectivity index (χ3v) is 6.41. The number of hydrogen-bond acceptors (Lipinski definition) is 5. The number of nitrogens with one attached hydrogen (secondary N) is 1. The van der Waals surface area contributed by atoms with Crippen LogP contribution >= 0.6 is 0 Å². The molecule has 0 unspecified atom stereocenters. The molecule has 1 amide bonds. The van der Waals surface area contributed by atoms with E-state index in [0.717, 1.165) is 65.1 Å². The molecule has 1 aliphatic rings. The van der Waals surface area contributed by atoms with Gasteiger partial charge in [0.15, 0.2) is 0 Å². The molecule has 7 nitrogen and oxygen atoms in total. The van der Waals surface area contributed by atoms with Crippen LogP contribution in [0.4, 0.5) is 11.5 Å². The lowest BCUT2D eigenvalue weighted by Gasteiger charge is -2.33. The van der Waals surface area contributed by atoms with Crippen molar-refractivity contribution in [1.82, 2.24) is 19.7 Å². The van der Waals surface area contributed by atoms with E-state index in [1.54, 1.807) is 16.9 Å². The predicted octanol–water partition coefficient (Wildman–Crippen LogP) is 3.95. The molecule has 33 heavy (non-hydrogen) atoms. The Balaban J connectivity index is 1.40. The van der Waals surface area contributed by atoms with Crippen molar-refractivity contribution in [2.45, 2.75) is 6.92 Å². The van der Waals surface area contributed by atoms with E-state index in [-0.39, 0.29) is 5.91 Å². The van der Waals surface area contributed by atoms with E-state index in [1.807, 2.05) is 44.6 Å². The van der Waals surface area contributed by atoms with Crippen LogP contribution in [0.1, 0.15) is 15.9 Å². The summed E-state index contributed by atoms with van der Waals surface area (Å²) in [6, 6.07) is 14.1. The molecule has 7 heteroatoms. The van der Waals surface area contributed by atoms with E-state index in [1.165, 1.54) is 0 Å². The minimum atomic E-state index is -0.126. The van der Waals surface area contributed by atoms with Crippen LogP contribution in [0.3, 0.4) is 0 Å². The lowest BCUT2D eigenvalue weighted by molar-refractivity contribution is 0.102. The number of aryl methyl sites for hydroxylation is 2. The van der Waals surface area contributed by atoms with Crippen LogP contribution < -0.4 is 10.2 Å². The molecule has 168 valence electrons. The van der Waals surface area contributed by atoms with Crippen LogP contribution in [0.25, 0.3) is 21.9 Å². The standard InChI is InChI=1S/C26H28N6O/c1-18-23-14-20(22-16-28-31(3)17-22)5-4-19(23)6-7-24(18)29-26(33)21-8-9-27-25(15-21)32-12-10-30(2)11-13-32/h4-9,14-17H,10-13H2,1-3H3,(H,29,33). The Morgan fingerprint density at radius 1 is 0.970 bits per heavy atom. The number of nitrogens with zero attached hydrogens (tertiary/aromatic N) is 5. The molecule has 1 N–H and O–H groups in total. The highest BCUT2D eigenvalue weighted by Crippen LogP contribution is 2.30. The van der Waals surface area contributed by atoms with Gasteiger partial charge in [-0.15, -0.1) is 0 Å². The maximum Gasteiger partial charge on any atom is 0.255 e. The van der Waals surface area contributed by atoms with Gasteiger partial charge >= 0.3 is 0 Å². The van der Waals surface area contributed by atoms with E-state index in [0.29, 0.717) is 5.56 Å². The predicted molar refractivity (Wildman–Crippen MR) is 133 cm³/mol. The number of anilines is 2. The van der Waals surface area contributed by atoms with Gasteiger partial charge in [-0.3, -0.25) is 9.48 Å². The monoisotopic (exact) mass is 440 g/mol. The fraction of sp³-hybridized carbons (Fsp3) is 0.269. The molecule has 1 saturated heterocycles. The second-order valence-electron chi connectivity index (χ2n) is 8.72. The third kappa shape index (κ3) is 4.32. The van der Waals surface area contributed by atoms with E-state index in [9.17, 15) is 4.79 Å². The molecule has 0 radical (unpaired) electrons. The summed E-state index contributed by atoms with van der Waals surface area (Å²) in [4.78, 5) is 22.1. The average Bonchev–Trinajstić information content (AvgIpc) is 3.27. The highest BCUT2D eigenvalue weighted by Gasteiger charge is 2.17. The molecular weight excluding hydrogens is 412 g/mol. The minimum absolute atomic E-state index is 0.126. The first-order chi connectivity index (χ1) is 16.0. The Morgan fingerprint density at radius 2 is 1.76 bits per heavy atom. The highest BCUT2D eigenvalue weighted by molar-refractivity contribution is 6.06. The number of carbonyl (C=O) groups is 1. The number of likely N-dealkylation sites (N-methyl/N-ethyl adjacent to an activating group) is 1. The quantitative estimate of drug-likeness (QED) is 0.521. The maximum atomic E-state index is 13.1. The summed E-state index contributed by atoms with van der Waals surface area (Å²) in [6.45, 7) is 5.87. The third-order valence-electron chi connectivity index (χ3n) is 6.41. The molecule has 3 heterocycles. The van der Waals surface area contributed by atoms with E-state index in [4.69, 9.17) is 0 Å². The lowest BCUT2D eigenvalue weighted by Crippen LogP contribution is -2.44. The average molecular weight is 441 g/mol. The molecule has 0 spiro atoms. The Labute approximate surface area is 193 Å². The number of rotatable bonds is 4. The van der Waals surface area contributed by atoms with Crippen molar-refractivity contribution in [1.29, 1.82) is 0 Å². The topological polar surface area (TPSA) is 66.3 Å². The largest absolute Gasteiger partial charge is 0.354 e. The molecule has 0 aliphatic carbocycles. The van der Waals surface area contributed by atoms with Crippen LogP contribution in [0, 0.1) is 6.92 Å². The van der Waals surface area contributed by atoms with Gasteiger partial charge < -0.3 is 15.1 Å². The van der Waals surface area contributed by atoms with Gasteiger partial charge in [0.25, 0.3) is 5.91 Å². The first kappa shape index (κ1) is 21.2. The number of amides is 1. The first-order valence-electron chi connectivity index (χ1n) is 11.2. The maximum absolute atomic E-state index is 13.1. The van der Waals surface area contributed by atoms with Crippen LogP contribution in [-0.2, 0) is 7.05 Å². The number of aromatic nitrogens is 3. The Kier molecular flexibility index (Phi) is 5.56. The minimum Gasteiger partial charge on any atom is -0.354 e. The van der Waals surface area contributed by atoms with Gasteiger partial charge in [-0.2, -0.15) is 5.10 Å². The van der Waals surface area contributed by atoms with Crippen molar-refractivity contribution in [2.75, 3.05) is 43.4 Å². The molecule has 0 atom stereocenters. The molecule has 1 fully saturated rings. The van der Waals surface area contributed by atoms with Gasteiger partial charge in [-0.1, -0.05) is 18.2 Å². The molecule has 0 saturated carbocycles. The van der Waals surface area contributed by atoms with Crippen molar-refractivity contribution in [3.05, 3.63) is 72.2 Å². The van der Waals surface area contributed by atoms with E-state index < -0.39 is 0 Å². The Bertz CT molecular complexity index is 1320. The normalized spacial score (nSPS) is 14.6. The zero-order valence-corrected chi connectivity index (χ0v) is 19.2. The Hall–Kier alpha value is -3.71. The van der Waals surface area contributed by atoms with Gasteiger partial charge in [0.05, 0.1) is 6.20 Å². The number of carbonyl (C=O) groups excluding carboxylic acids is 1. The first-order valence-corrected chi connectivity index (χ1v) is 11.2. The Morgan fingerprint density at radius 3 is 2.52 bits per heavy atom. The van der Waals surface area contributed by atoms with Crippen LogP contribution in [0.2, 0.25) is 0 Å². The van der Waals surface area contributed by atoms with Gasteiger partial charge in [0.2, 0.25) is 0 Å². The SMILES string of the molecule is Cc1c(NC(=O)c2ccnc(N3CCN(C)CC3)c2)ccc2ccc(-c3cnn(C)c3)cc12. The zero-order chi connectivity index (χ0) is 22.9. The summed E-state index contributed by atoms with van der Waals surface area (Å²) in [7, 11) is 4.04. The molecular formula is C26H28N6O. The molecule has 2 aromatic carbocycles. The number of fused-ring (bicyclic) bond motifs is 1. The van der Waals surface area contributed by atoms with Crippen LogP contribution in [0.15, 0.2) is 61.1 Å². The van der Waals surface area contributed by atoms with Crippen molar-refractivity contribution in [3.8, 4) is 11.1 Å². The smallest absolute Gasteiger partial charge is 0.255 e. The van der Waals surface area contributed by atoms with Gasteiger partial charge in [-0.05, 0) is 60.1 Å². The number of pyridine rings is 1. The fourth-order valence-electron chi connectivity index (χ4n) is 4.32. The summed E-state index contributed by atoms with van der Waals surface area (Å²) < 4.78 is 1.80. The summed E-state index contributed by atoms with van der Waals surface area (Å²) >= 11 is 0. The number of piperazine rings is 1. The number of hydrogen-bond donors (Lipinski definition) is 1. The lowest BCUT2D eigenvalue weighted by atomic mass is 9.99. The summed E-state index contributed by atoms with van der Waals surface area (Å²) in [5.41, 5.74) is 4.64. The van der Waals surface area contributed by atoms with Gasteiger partial charge in [0, 0.05) is 62.4 Å². The van der Waals surface area contributed by atoms with E-state index in [2.05, 4.69) is 50.4 Å². The summed E-state index contributed by atoms with van der Waals surface area (Å²) in [5.74, 6) is 0.728. The fourth-order valence-corrected chi connectivity index (χ4v) is 4.32. The van der Waals surface area contributed by atoms with Crippen molar-refractivity contribution in [3.63, 3.8) is 0 Å². The zero-order valence-electron chi connectivity index (χ0n) is 19.2. The molecule has 2 aromatic heterocycles. The van der Waals surface area contributed by atoms with Crippen molar-refractivity contribution >= 4 is 28.2 Å².